The van der Waals surface area contributed by atoms with Crippen molar-refractivity contribution in [1.82, 2.24) is 4.98 Å². The average molecular weight is 494 g/mol. The van der Waals surface area contributed by atoms with Crippen LogP contribution in [0.15, 0.2) is 29.5 Å². The Labute approximate surface area is 186 Å². The number of amidine groups is 1. The number of rotatable bonds is 2. The lowest BCUT2D eigenvalue weighted by Gasteiger charge is -2.43. The maximum atomic E-state index is 13.3. The first kappa shape index (κ1) is 22.5. The van der Waals surface area contributed by atoms with Gasteiger partial charge in [0.25, 0.3) is 0 Å². The molecule has 1 fully saturated rings. The van der Waals surface area contributed by atoms with Crippen LogP contribution in [0.3, 0.4) is 0 Å². The van der Waals surface area contributed by atoms with Crippen LogP contribution in [0.5, 0.6) is 0 Å². The highest BCUT2D eigenvalue weighted by Gasteiger charge is 2.55. The standard InChI is InChI=1S/C19H19ClF3N3O3S2/c1-17(10-31(27,28)18(16(24)26-17)2-4-29-5-3-18)15-13(20)7-14(30-15)11-6-12(9-25-8-11)19(21,22)23/h6-9H,2-5,10H2,1H3,(H2,24,26). The summed E-state index contributed by atoms with van der Waals surface area (Å²) in [5, 5.41) is 0.217. The van der Waals surface area contributed by atoms with Gasteiger partial charge in [-0.15, -0.1) is 11.3 Å². The molecule has 2 aromatic rings. The second-order valence-electron chi connectivity index (χ2n) is 7.88. The van der Waals surface area contributed by atoms with Crippen molar-refractivity contribution in [2.45, 2.75) is 36.2 Å². The minimum absolute atomic E-state index is 0.0244. The summed E-state index contributed by atoms with van der Waals surface area (Å²) >= 11 is 7.49. The highest BCUT2D eigenvalue weighted by molar-refractivity contribution is 7.93. The molecule has 0 bridgehead atoms. The molecule has 1 spiro atoms. The molecule has 0 radical (unpaired) electrons. The third-order valence-corrected chi connectivity index (χ3v) is 10.3. The van der Waals surface area contributed by atoms with Crippen molar-refractivity contribution in [3.8, 4) is 10.4 Å². The number of aliphatic imine (C=N–C) groups is 1. The van der Waals surface area contributed by atoms with Gasteiger partial charge in [-0.2, -0.15) is 13.2 Å². The van der Waals surface area contributed by atoms with Crippen molar-refractivity contribution in [2.24, 2.45) is 10.7 Å². The minimum Gasteiger partial charge on any atom is -0.386 e. The molecule has 31 heavy (non-hydrogen) atoms. The Morgan fingerprint density at radius 3 is 2.52 bits per heavy atom. The molecule has 2 aliphatic heterocycles. The summed E-state index contributed by atoms with van der Waals surface area (Å²) in [5.74, 6) is -0.280. The van der Waals surface area contributed by atoms with E-state index in [0.29, 0.717) is 9.75 Å². The first-order valence-electron chi connectivity index (χ1n) is 9.36. The minimum atomic E-state index is -4.53. The fraction of sp³-hybridized carbons (Fsp3) is 0.474. The fourth-order valence-electron chi connectivity index (χ4n) is 4.06. The smallest absolute Gasteiger partial charge is 0.386 e. The number of nitrogens with zero attached hydrogens (tertiary/aromatic N) is 2. The molecule has 0 saturated carbocycles. The molecule has 12 heteroatoms. The molecule has 1 unspecified atom stereocenters. The van der Waals surface area contributed by atoms with Crippen molar-refractivity contribution in [3.05, 3.63) is 40.0 Å². The van der Waals surface area contributed by atoms with Crippen molar-refractivity contribution in [1.29, 1.82) is 0 Å². The maximum absolute atomic E-state index is 13.3. The van der Waals surface area contributed by atoms with Crippen LogP contribution in [-0.4, -0.2) is 43.0 Å². The largest absolute Gasteiger partial charge is 0.417 e. The van der Waals surface area contributed by atoms with E-state index < -0.39 is 31.9 Å². The molecule has 4 rings (SSSR count). The quantitative estimate of drug-likeness (QED) is 0.681. The highest BCUT2D eigenvalue weighted by Crippen LogP contribution is 2.47. The number of pyridine rings is 1. The summed E-state index contributed by atoms with van der Waals surface area (Å²) in [4.78, 5) is 9.10. The van der Waals surface area contributed by atoms with Crippen LogP contribution in [0.25, 0.3) is 10.4 Å². The second kappa shape index (κ2) is 7.43. The summed E-state index contributed by atoms with van der Waals surface area (Å²) in [7, 11) is -3.70. The van der Waals surface area contributed by atoms with E-state index >= 15 is 0 Å². The van der Waals surface area contributed by atoms with Crippen molar-refractivity contribution in [2.75, 3.05) is 19.0 Å². The fourth-order valence-corrected chi connectivity index (χ4v) is 8.14. The number of halogens is 4. The molecule has 1 saturated heterocycles. The topological polar surface area (TPSA) is 94.6 Å². The van der Waals surface area contributed by atoms with Gasteiger partial charge >= 0.3 is 6.18 Å². The molecule has 2 N–H and O–H groups in total. The van der Waals surface area contributed by atoms with Crippen LogP contribution >= 0.6 is 22.9 Å². The van der Waals surface area contributed by atoms with Crippen LogP contribution in [0.2, 0.25) is 5.02 Å². The Morgan fingerprint density at radius 1 is 1.23 bits per heavy atom. The third kappa shape index (κ3) is 3.75. The molecule has 0 amide bonds. The van der Waals surface area contributed by atoms with Gasteiger partial charge in [0.15, 0.2) is 9.84 Å². The number of ether oxygens (including phenoxy) is 1. The van der Waals surface area contributed by atoms with Gasteiger partial charge in [0.2, 0.25) is 0 Å². The van der Waals surface area contributed by atoms with Gasteiger partial charge in [0.05, 0.1) is 21.2 Å². The van der Waals surface area contributed by atoms with Gasteiger partial charge < -0.3 is 10.5 Å². The number of hydrogen-bond donors (Lipinski definition) is 1. The van der Waals surface area contributed by atoms with Crippen molar-refractivity contribution in [3.63, 3.8) is 0 Å². The Morgan fingerprint density at radius 2 is 1.90 bits per heavy atom. The number of hydrogen-bond acceptors (Lipinski definition) is 7. The number of aromatic nitrogens is 1. The molecule has 2 aromatic heterocycles. The summed E-state index contributed by atoms with van der Waals surface area (Å²) in [6.07, 6.45) is -2.02. The SMILES string of the molecule is CC1(c2sc(-c3cncc(C(F)(F)F)c3)cc2Cl)CS(=O)(=O)C2(CCOCC2)C(N)=N1. The first-order chi connectivity index (χ1) is 14.4. The predicted octanol–water partition coefficient (Wildman–Crippen LogP) is 4.03. The zero-order valence-corrected chi connectivity index (χ0v) is 18.8. The molecule has 2 aliphatic rings. The monoisotopic (exact) mass is 493 g/mol. The van der Waals surface area contributed by atoms with E-state index in [1.165, 1.54) is 12.3 Å². The van der Waals surface area contributed by atoms with E-state index in [1.807, 2.05) is 0 Å². The molecule has 6 nitrogen and oxygen atoms in total. The van der Waals surface area contributed by atoms with Crippen LogP contribution in [0.4, 0.5) is 13.2 Å². The zero-order valence-electron chi connectivity index (χ0n) is 16.4. The van der Waals surface area contributed by atoms with Crippen LogP contribution in [0.1, 0.15) is 30.2 Å². The Hall–Kier alpha value is -1.69. The molecular formula is C19H19ClF3N3O3S2. The zero-order chi connectivity index (χ0) is 22.7. The molecular weight excluding hydrogens is 475 g/mol. The highest BCUT2D eigenvalue weighted by atomic mass is 35.5. The van der Waals surface area contributed by atoms with E-state index in [9.17, 15) is 21.6 Å². The van der Waals surface area contributed by atoms with Crippen LogP contribution < -0.4 is 5.73 Å². The molecule has 168 valence electrons. The Kier molecular flexibility index (Phi) is 5.39. The van der Waals surface area contributed by atoms with E-state index in [2.05, 4.69) is 9.98 Å². The van der Waals surface area contributed by atoms with Gasteiger partial charge in [0.1, 0.15) is 16.1 Å². The van der Waals surface area contributed by atoms with Gasteiger partial charge in [0, 0.05) is 36.0 Å². The van der Waals surface area contributed by atoms with Crippen molar-refractivity contribution >= 4 is 38.6 Å². The number of sulfone groups is 1. The summed E-state index contributed by atoms with van der Waals surface area (Å²) < 4.78 is 69.8. The average Bonchev–Trinajstić information content (AvgIpc) is 3.09. The lowest BCUT2D eigenvalue weighted by Crippen LogP contribution is -2.60. The predicted molar refractivity (Wildman–Crippen MR) is 113 cm³/mol. The number of nitrogens with two attached hydrogens (primary N) is 1. The number of alkyl halides is 3. The van der Waals surface area contributed by atoms with Crippen LogP contribution in [-0.2, 0) is 26.3 Å². The molecule has 0 aromatic carbocycles. The van der Waals surface area contributed by atoms with Gasteiger partial charge in [-0.05, 0) is 31.9 Å². The van der Waals surface area contributed by atoms with Gasteiger partial charge in [-0.25, -0.2) is 8.42 Å². The normalized spacial score (nSPS) is 25.4. The maximum Gasteiger partial charge on any atom is 0.417 e. The summed E-state index contributed by atoms with van der Waals surface area (Å²) in [5.41, 5.74) is 4.31. The Balaban J connectivity index is 1.77. The summed E-state index contributed by atoms with van der Waals surface area (Å²) in [6.45, 7) is 2.17. The van der Waals surface area contributed by atoms with Gasteiger partial charge in [-0.1, -0.05) is 11.6 Å². The van der Waals surface area contributed by atoms with Gasteiger partial charge in [-0.3, -0.25) is 9.98 Å². The van der Waals surface area contributed by atoms with Crippen molar-refractivity contribution < 1.29 is 26.3 Å². The van der Waals surface area contributed by atoms with E-state index in [4.69, 9.17) is 22.1 Å². The molecule has 4 heterocycles. The molecule has 1 atom stereocenters. The second-order valence-corrected chi connectivity index (χ2v) is 11.6. The lowest BCUT2D eigenvalue weighted by atomic mass is 9.95. The summed E-state index contributed by atoms with van der Waals surface area (Å²) in [6, 6.07) is 2.48. The van der Waals surface area contributed by atoms with E-state index in [1.54, 1.807) is 6.92 Å². The van der Waals surface area contributed by atoms with E-state index in [-0.39, 0.29) is 48.2 Å². The Bertz CT molecular complexity index is 1160. The molecule has 0 aliphatic carbocycles. The number of thiophene rings is 1. The first-order valence-corrected chi connectivity index (χ1v) is 12.2. The third-order valence-electron chi connectivity index (χ3n) is 5.73. The van der Waals surface area contributed by atoms with Crippen LogP contribution in [0, 0.1) is 0 Å². The lowest BCUT2D eigenvalue weighted by molar-refractivity contribution is -0.137. The van der Waals surface area contributed by atoms with E-state index in [0.717, 1.165) is 23.6 Å².